The van der Waals surface area contributed by atoms with Crippen LogP contribution in [0, 0.1) is 5.92 Å². The summed E-state index contributed by atoms with van der Waals surface area (Å²) in [7, 11) is 0. The molecule has 2 rings (SSSR count). The van der Waals surface area contributed by atoms with E-state index in [4.69, 9.17) is 9.47 Å². The second-order valence-corrected chi connectivity index (χ2v) is 6.04. The summed E-state index contributed by atoms with van der Waals surface area (Å²) in [6.45, 7) is 3.83. The highest BCUT2D eigenvalue weighted by molar-refractivity contribution is 7.78. The third-order valence-electron chi connectivity index (χ3n) is 4.02. The molecule has 0 N–H and O–H groups in total. The van der Waals surface area contributed by atoms with E-state index < -0.39 is 0 Å². The smallest absolute Gasteiger partial charge is 0.183 e. The van der Waals surface area contributed by atoms with E-state index in [1.165, 1.54) is 38.5 Å². The number of unbranched alkanes of at least 4 members (excludes halogenated alkanes) is 4. The lowest BCUT2D eigenvalue weighted by atomic mass is 10.0. The third-order valence-corrected chi connectivity index (χ3v) is 4.11. The van der Waals surface area contributed by atoms with Gasteiger partial charge < -0.3 is 9.47 Å². The SMILES string of the molecule is CCCCCCC[C@H]1CO[C@H](c2ccc(N=C=S)cc2)OC1. The van der Waals surface area contributed by atoms with Gasteiger partial charge in [0, 0.05) is 11.5 Å². The molecule has 22 heavy (non-hydrogen) atoms. The fourth-order valence-corrected chi connectivity index (χ4v) is 2.80. The van der Waals surface area contributed by atoms with Crippen molar-refractivity contribution in [2.45, 2.75) is 51.7 Å². The molecule has 1 aromatic rings. The second kappa shape index (κ2) is 9.86. The molecule has 0 aromatic heterocycles. The van der Waals surface area contributed by atoms with Crippen LogP contribution in [0.1, 0.15) is 57.3 Å². The van der Waals surface area contributed by atoms with Crippen LogP contribution in [0.4, 0.5) is 5.69 Å². The van der Waals surface area contributed by atoms with Gasteiger partial charge in [0.15, 0.2) is 6.29 Å². The lowest BCUT2D eigenvalue weighted by Gasteiger charge is -2.29. The molecule has 0 spiro atoms. The number of ether oxygens (including phenoxy) is 2. The summed E-state index contributed by atoms with van der Waals surface area (Å²) in [6, 6.07) is 7.75. The molecule has 1 aliphatic heterocycles. The highest BCUT2D eigenvalue weighted by Gasteiger charge is 2.23. The Kier molecular flexibility index (Phi) is 7.75. The van der Waals surface area contributed by atoms with Crippen LogP contribution in [0.5, 0.6) is 0 Å². The zero-order chi connectivity index (χ0) is 15.6. The predicted octanol–water partition coefficient (Wildman–Crippen LogP) is 5.44. The first-order chi connectivity index (χ1) is 10.8. The summed E-state index contributed by atoms with van der Waals surface area (Å²) in [5.41, 5.74) is 1.84. The van der Waals surface area contributed by atoms with Gasteiger partial charge >= 0.3 is 0 Å². The molecule has 0 bridgehead atoms. The molecule has 0 atom stereocenters. The average molecular weight is 319 g/mol. The minimum Gasteiger partial charge on any atom is -0.348 e. The van der Waals surface area contributed by atoms with Gasteiger partial charge in [0.25, 0.3) is 0 Å². The van der Waals surface area contributed by atoms with Gasteiger partial charge in [-0.3, -0.25) is 0 Å². The van der Waals surface area contributed by atoms with E-state index in [2.05, 4.69) is 29.3 Å². The van der Waals surface area contributed by atoms with Crippen molar-refractivity contribution in [2.75, 3.05) is 13.2 Å². The molecule has 1 fully saturated rings. The highest BCUT2D eigenvalue weighted by atomic mass is 32.1. The Bertz CT molecular complexity index is 474. The molecule has 1 aromatic carbocycles. The van der Waals surface area contributed by atoms with Gasteiger partial charge in [-0.1, -0.05) is 51.2 Å². The Hall–Kier alpha value is -1.06. The van der Waals surface area contributed by atoms with Crippen molar-refractivity contribution >= 4 is 23.1 Å². The number of nitrogens with zero attached hydrogens (tertiary/aromatic N) is 1. The summed E-state index contributed by atoms with van der Waals surface area (Å²) in [5.74, 6) is 0.538. The number of rotatable bonds is 8. The van der Waals surface area contributed by atoms with Crippen molar-refractivity contribution in [3.63, 3.8) is 0 Å². The molecule has 0 radical (unpaired) electrons. The monoisotopic (exact) mass is 319 g/mol. The lowest BCUT2D eigenvalue weighted by molar-refractivity contribution is -0.206. The number of isothiocyanates is 1. The first-order valence-corrected chi connectivity index (χ1v) is 8.65. The van der Waals surface area contributed by atoms with Crippen LogP contribution in [-0.2, 0) is 9.47 Å². The maximum atomic E-state index is 5.87. The Labute approximate surface area is 138 Å². The summed E-state index contributed by atoms with van der Waals surface area (Å²) in [5, 5.41) is 2.37. The standard InChI is InChI=1S/C18H25NO2S/c1-2-3-4-5-6-7-15-12-20-18(21-13-15)16-8-10-17(11-9-16)19-14-22/h8-11,15,18H,2-7,12-13H2,1H3/t15-,18-. The zero-order valence-electron chi connectivity index (χ0n) is 13.3. The van der Waals surface area contributed by atoms with Crippen molar-refractivity contribution in [1.29, 1.82) is 0 Å². The van der Waals surface area contributed by atoms with Crippen molar-refractivity contribution < 1.29 is 9.47 Å². The molecule has 0 saturated carbocycles. The van der Waals surface area contributed by atoms with Gasteiger partial charge in [0.05, 0.1) is 24.1 Å². The molecule has 1 saturated heterocycles. The van der Waals surface area contributed by atoms with Crippen LogP contribution in [0.3, 0.4) is 0 Å². The number of thiocarbonyl (C=S) groups is 1. The van der Waals surface area contributed by atoms with E-state index in [-0.39, 0.29) is 6.29 Å². The van der Waals surface area contributed by atoms with Crippen molar-refractivity contribution in [2.24, 2.45) is 10.9 Å². The second-order valence-electron chi connectivity index (χ2n) is 5.86. The van der Waals surface area contributed by atoms with Gasteiger partial charge in [-0.05, 0) is 30.8 Å². The predicted molar refractivity (Wildman–Crippen MR) is 92.6 cm³/mol. The van der Waals surface area contributed by atoms with Gasteiger partial charge in [0.2, 0.25) is 0 Å². The van der Waals surface area contributed by atoms with Gasteiger partial charge in [-0.2, -0.15) is 4.99 Å². The Morgan fingerprint density at radius 1 is 1.09 bits per heavy atom. The first kappa shape index (κ1) is 17.3. The summed E-state index contributed by atoms with van der Waals surface area (Å²) in [6.07, 6.45) is 7.57. The van der Waals surface area contributed by atoms with E-state index in [1.807, 2.05) is 24.3 Å². The minimum atomic E-state index is -0.248. The molecular weight excluding hydrogens is 294 g/mol. The van der Waals surface area contributed by atoms with E-state index in [0.717, 1.165) is 24.5 Å². The molecule has 0 amide bonds. The normalized spacial score (nSPS) is 21.3. The van der Waals surface area contributed by atoms with Gasteiger partial charge in [-0.25, -0.2) is 0 Å². The van der Waals surface area contributed by atoms with Crippen molar-refractivity contribution in [3.8, 4) is 0 Å². The van der Waals surface area contributed by atoms with Crippen molar-refractivity contribution in [1.82, 2.24) is 0 Å². The Morgan fingerprint density at radius 2 is 1.77 bits per heavy atom. The van der Waals surface area contributed by atoms with E-state index in [0.29, 0.717) is 5.92 Å². The Balaban J connectivity index is 1.71. The lowest BCUT2D eigenvalue weighted by Crippen LogP contribution is -2.27. The molecule has 0 unspecified atom stereocenters. The zero-order valence-corrected chi connectivity index (χ0v) is 14.1. The summed E-state index contributed by atoms with van der Waals surface area (Å²) >= 11 is 4.60. The van der Waals surface area contributed by atoms with Gasteiger partial charge in [0.1, 0.15) is 0 Å². The number of benzene rings is 1. The van der Waals surface area contributed by atoms with Crippen LogP contribution in [0.2, 0.25) is 0 Å². The molecule has 120 valence electrons. The van der Waals surface area contributed by atoms with Crippen LogP contribution in [-0.4, -0.2) is 18.4 Å². The van der Waals surface area contributed by atoms with Crippen LogP contribution >= 0.6 is 12.2 Å². The molecule has 1 aliphatic rings. The fourth-order valence-electron chi connectivity index (χ4n) is 2.70. The number of aliphatic imine (C=N–C) groups is 1. The highest BCUT2D eigenvalue weighted by Crippen LogP contribution is 2.28. The van der Waals surface area contributed by atoms with E-state index >= 15 is 0 Å². The van der Waals surface area contributed by atoms with Gasteiger partial charge in [-0.15, -0.1) is 0 Å². The molecule has 0 aliphatic carbocycles. The molecule has 4 heteroatoms. The topological polar surface area (TPSA) is 30.8 Å². The van der Waals surface area contributed by atoms with E-state index in [1.54, 1.807) is 0 Å². The molecule has 1 heterocycles. The largest absolute Gasteiger partial charge is 0.348 e. The molecular formula is C18H25NO2S. The van der Waals surface area contributed by atoms with Crippen LogP contribution < -0.4 is 0 Å². The summed E-state index contributed by atoms with van der Waals surface area (Å²) < 4.78 is 11.7. The third kappa shape index (κ3) is 5.62. The molecule has 3 nitrogen and oxygen atoms in total. The van der Waals surface area contributed by atoms with Crippen LogP contribution in [0.15, 0.2) is 29.3 Å². The average Bonchev–Trinajstić information content (AvgIpc) is 2.56. The van der Waals surface area contributed by atoms with E-state index in [9.17, 15) is 0 Å². The maximum Gasteiger partial charge on any atom is 0.183 e. The fraction of sp³-hybridized carbons (Fsp3) is 0.611. The Morgan fingerprint density at radius 3 is 2.41 bits per heavy atom. The number of hydrogen-bond acceptors (Lipinski definition) is 4. The maximum absolute atomic E-state index is 5.87. The number of hydrogen-bond donors (Lipinski definition) is 0. The first-order valence-electron chi connectivity index (χ1n) is 8.24. The van der Waals surface area contributed by atoms with Crippen molar-refractivity contribution in [3.05, 3.63) is 29.8 Å². The van der Waals surface area contributed by atoms with Crippen LogP contribution in [0.25, 0.3) is 0 Å². The summed E-state index contributed by atoms with van der Waals surface area (Å²) in [4.78, 5) is 3.94. The minimum absolute atomic E-state index is 0.248. The quantitative estimate of drug-likeness (QED) is 0.363.